The lowest BCUT2D eigenvalue weighted by Gasteiger charge is -2.32. The number of aliphatic hydroxyl groups excluding tert-OH is 1. The van der Waals surface area contributed by atoms with Gasteiger partial charge in [0.25, 0.3) is 0 Å². The summed E-state index contributed by atoms with van der Waals surface area (Å²) in [6.45, 7) is 6.58. The lowest BCUT2D eigenvalue weighted by Crippen LogP contribution is -2.45. The summed E-state index contributed by atoms with van der Waals surface area (Å²) in [5, 5.41) is 9.45. The van der Waals surface area contributed by atoms with Crippen LogP contribution in [0, 0.1) is 0 Å². The van der Waals surface area contributed by atoms with Crippen molar-refractivity contribution in [3.63, 3.8) is 0 Å². The van der Waals surface area contributed by atoms with Crippen LogP contribution in [0.5, 0.6) is 0 Å². The second kappa shape index (κ2) is 7.07. The third-order valence-corrected chi connectivity index (χ3v) is 5.48. The minimum Gasteiger partial charge on any atom is -0.395 e. The molecule has 3 rings (SSSR count). The number of carbonyl (C=O) groups is 1. The Morgan fingerprint density at radius 3 is 2.43 bits per heavy atom. The molecular formula is C16H29N3O2. The first kappa shape index (κ1) is 15.3. The van der Waals surface area contributed by atoms with Gasteiger partial charge in [0.15, 0.2) is 0 Å². The van der Waals surface area contributed by atoms with Crippen molar-refractivity contribution in [2.45, 2.75) is 50.6 Å². The van der Waals surface area contributed by atoms with Gasteiger partial charge in [-0.25, -0.2) is 0 Å². The first-order valence-electron chi connectivity index (χ1n) is 8.64. The van der Waals surface area contributed by atoms with Crippen LogP contribution in [0.2, 0.25) is 0 Å². The van der Waals surface area contributed by atoms with Gasteiger partial charge in [0.05, 0.1) is 6.61 Å². The average Bonchev–Trinajstić information content (AvgIpc) is 3.19. The van der Waals surface area contributed by atoms with E-state index in [0.29, 0.717) is 24.6 Å². The van der Waals surface area contributed by atoms with E-state index in [-0.39, 0.29) is 0 Å². The molecule has 3 fully saturated rings. The monoisotopic (exact) mass is 295 g/mol. The van der Waals surface area contributed by atoms with Gasteiger partial charge in [-0.05, 0) is 45.2 Å². The second-order valence-electron chi connectivity index (χ2n) is 6.79. The number of nitrogens with zero attached hydrogens (tertiary/aromatic N) is 3. The number of carbonyl (C=O) groups excluding carboxylic acids is 1. The molecule has 3 saturated heterocycles. The van der Waals surface area contributed by atoms with Crippen molar-refractivity contribution in [1.29, 1.82) is 0 Å². The molecule has 2 unspecified atom stereocenters. The molecule has 0 aromatic rings. The van der Waals surface area contributed by atoms with Crippen molar-refractivity contribution in [3.8, 4) is 0 Å². The fourth-order valence-electron chi connectivity index (χ4n) is 4.20. The molecule has 1 N–H and O–H groups in total. The van der Waals surface area contributed by atoms with Gasteiger partial charge >= 0.3 is 0 Å². The molecule has 0 aliphatic carbocycles. The van der Waals surface area contributed by atoms with Gasteiger partial charge in [-0.1, -0.05) is 0 Å². The summed E-state index contributed by atoms with van der Waals surface area (Å²) in [6.07, 6.45) is 6.69. The molecular weight excluding hydrogens is 266 g/mol. The largest absolute Gasteiger partial charge is 0.395 e. The number of rotatable bonds is 6. The predicted molar refractivity (Wildman–Crippen MR) is 82.1 cm³/mol. The van der Waals surface area contributed by atoms with Crippen LogP contribution < -0.4 is 0 Å². The second-order valence-corrected chi connectivity index (χ2v) is 6.79. The van der Waals surface area contributed by atoms with E-state index >= 15 is 0 Å². The summed E-state index contributed by atoms with van der Waals surface area (Å²) >= 11 is 0. The van der Waals surface area contributed by atoms with E-state index in [2.05, 4.69) is 9.80 Å². The molecule has 5 heteroatoms. The molecule has 120 valence electrons. The molecule has 2 atom stereocenters. The predicted octanol–water partition coefficient (Wildman–Crippen LogP) is 0.530. The smallest absolute Gasteiger partial charge is 0.222 e. The van der Waals surface area contributed by atoms with Gasteiger partial charge < -0.3 is 10.0 Å². The van der Waals surface area contributed by atoms with Crippen LogP contribution in [0.15, 0.2) is 0 Å². The number of aliphatic hydroxyl groups is 1. The van der Waals surface area contributed by atoms with Gasteiger partial charge in [-0.2, -0.15) is 0 Å². The van der Waals surface area contributed by atoms with Crippen LogP contribution >= 0.6 is 0 Å². The molecule has 0 aromatic carbocycles. The van der Waals surface area contributed by atoms with Gasteiger partial charge in [0.2, 0.25) is 5.91 Å². The maximum absolute atomic E-state index is 11.7. The normalized spacial score (nSPS) is 31.7. The van der Waals surface area contributed by atoms with E-state index in [9.17, 15) is 9.90 Å². The Morgan fingerprint density at radius 1 is 0.952 bits per heavy atom. The summed E-state index contributed by atoms with van der Waals surface area (Å²) in [7, 11) is 0. The summed E-state index contributed by atoms with van der Waals surface area (Å²) in [5.41, 5.74) is 0. The lowest BCUT2D eigenvalue weighted by atomic mass is 10.2. The minimum atomic E-state index is 0.301. The molecule has 3 heterocycles. The average molecular weight is 295 g/mol. The van der Waals surface area contributed by atoms with Crippen LogP contribution in [0.3, 0.4) is 0 Å². The van der Waals surface area contributed by atoms with E-state index < -0.39 is 0 Å². The first-order valence-corrected chi connectivity index (χ1v) is 8.64. The fraction of sp³-hybridized carbons (Fsp3) is 0.938. The summed E-state index contributed by atoms with van der Waals surface area (Å²) < 4.78 is 0. The van der Waals surface area contributed by atoms with Gasteiger partial charge in [0, 0.05) is 44.7 Å². The highest BCUT2D eigenvalue weighted by molar-refractivity contribution is 5.78. The third-order valence-electron chi connectivity index (χ3n) is 5.48. The van der Waals surface area contributed by atoms with Gasteiger partial charge in [-0.15, -0.1) is 0 Å². The first-order chi connectivity index (χ1) is 10.3. The summed E-state index contributed by atoms with van der Waals surface area (Å²) in [5.74, 6) is 0.339. The van der Waals surface area contributed by atoms with Crippen molar-refractivity contribution in [2.24, 2.45) is 0 Å². The maximum atomic E-state index is 11.7. The minimum absolute atomic E-state index is 0.301. The quantitative estimate of drug-likeness (QED) is 0.776. The van der Waals surface area contributed by atoms with E-state index in [4.69, 9.17) is 0 Å². The molecule has 3 aliphatic rings. The third kappa shape index (κ3) is 3.58. The van der Waals surface area contributed by atoms with Crippen molar-refractivity contribution < 1.29 is 9.90 Å². The van der Waals surface area contributed by atoms with Crippen molar-refractivity contribution in [2.75, 3.05) is 45.9 Å². The Labute approximate surface area is 127 Å². The lowest BCUT2D eigenvalue weighted by molar-refractivity contribution is -0.127. The SMILES string of the molecule is O=C1CCCN1CCN1CCCC1CN1CCCC1CO. The molecule has 0 radical (unpaired) electrons. The van der Waals surface area contributed by atoms with Crippen LogP contribution in [0.1, 0.15) is 38.5 Å². The van der Waals surface area contributed by atoms with Crippen molar-refractivity contribution in [1.82, 2.24) is 14.7 Å². The zero-order valence-electron chi connectivity index (χ0n) is 13.0. The molecule has 0 aromatic heterocycles. The van der Waals surface area contributed by atoms with Crippen LogP contribution in [-0.4, -0.2) is 83.7 Å². The van der Waals surface area contributed by atoms with Gasteiger partial charge in [-0.3, -0.25) is 14.6 Å². The molecule has 1 amide bonds. The van der Waals surface area contributed by atoms with E-state index in [1.165, 1.54) is 25.8 Å². The van der Waals surface area contributed by atoms with E-state index in [0.717, 1.165) is 52.0 Å². The van der Waals surface area contributed by atoms with Crippen LogP contribution in [0.25, 0.3) is 0 Å². The van der Waals surface area contributed by atoms with Crippen LogP contribution in [-0.2, 0) is 4.79 Å². The molecule has 0 saturated carbocycles. The zero-order valence-corrected chi connectivity index (χ0v) is 13.0. The Hall–Kier alpha value is -0.650. The van der Waals surface area contributed by atoms with Crippen molar-refractivity contribution in [3.05, 3.63) is 0 Å². The summed E-state index contributed by atoms with van der Waals surface area (Å²) in [6, 6.07) is 1.00. The highest BCUT2D eigenvalue weighted by Crippen LogP contribution is 2.23. The molecule has 0 spiro atoms. The zero-order chi connectivity index (χ0) is 14.7. The Kier molecular flexibility index (Phi) is 5.14. The highest BCUT2D eigenvalue weighted by Gasteiger charge is 2.31. The number of hydrogen-bond acceptors (Lipinski definition) is 4. The molecule has 3 aliphatic heterocycles. The number of likely N-dealkylation sites (tertiary alicyclic amines) is 3. The number of hydrogen-bond donors (Lipinski definition) is 1. The van der Waals surface area contributed by atoms with E-state index in [1.54, 1.807) is 0 Å². The molecule has 21 heavy (non-hydrogen) atoms. The Bertz CT molecular complexity index is 363. The molecule has 0 bridgehead atoms. The highest BCUT2D eigenvalue weighted by atomic mass is 16.3. The van der Waals surface area contributed by atoms with Gasteiger partial charge in [0.1, 0.15) is 0 Å². The Balaban J connectivity index is 1.47. The summed E-state index contributed by atoms with van der Waals surface area (Å²) in [4.78, 5) is 18.8. The van der Waals surface area contributed by atoms with Crippen molar-refractivity contribution >= 4 is 5.91 Å². The van der Waals surface area contributed by atoms with Crippen LogP contribution in [0.4, 0.5) is 0 Å². The topological polar surface area (TPSA) is 47.0 Å². The number of amides is 1. The fourth-order valence-corrected chi connectivity index (χ4v) is 4.20. The maximum Gasteiger partial charge on any atom is 0.222 e. The standard InChI is InChI=1S/C16H29N3O2/c20-13-15-5-2-9-19(15)12-14-4-1-7-17(14)10-11-18-8-3-6-16(18)21/h14-15,20H,1-13H2. The molecule has 5 nitrogen and oxygen atoms in total. The Morgan fingerprint density at radius 2 is 1.71 bits per heavy atom. The van der Waals surface area contributed by atoms with E-state index in [1.807, 2.05) is 4.90 Å².